The fourth-order valence-electron chi connectivity index (χ4n) is 2.64. The van der Waals surface area contributed by atoms with Gasteiger partial charge in [-0.1, -0.05) is 18.2 Å². The molecule has 3 rings (SSSR count). The van der Waals surface area contributed by atoms with Crippen LogP contribution in [0.3, 0.4) is 0 Å². The lowest BCUT2D eigenvalue weighted by Gasteiger charge is -2.13. The van der Waals surface area contributed by atoms with Gasteiger partial charge in [0.1, 0.15) is 10.6 Å². The van der Waals surface area contributed by atoms with E-state index in [9.17, 15) is 33.2 Å². The highest BCUT2D eigenvalue weighted by atomic mass is 32.2. The van der Waals surface area contributed by atoms with Gasteiger partial charge in [0.2, 0.25) is 0 Å². The zero-order valence-electron chi connectivity index (χ0n) is 15.1. The summed E-state index contributed by atoms with van der Waals surface area (Å²) in [6.07, 6.45) is 0. The van der Waals surface area contributed by atoms with Crippen LogP contribution < -0.4 is 10.6 Å². The number of nitro groups is 2. The zero-order chi connectivity index (χ0) is 21.9. The third-order valence-corrected chi connectivity index (χ3v) is 4.87. The summed E-state index contributed by atoms with van der Waals surface area (Å²) in [7, 11) is -4.64. The quantitative estimate of drug-likeness (QED) is 0.279. The summed E-state index contributed by atoms with van der Waals surface area (Å²) in [5.41, 5.74) is -0.340. The van der Waals surface area contributed by atoms with Gasteiger partial charge in [-0.05, 0) is 36.4 Å². The Hall–Kier alpha value is -4.03. The van der Waals surface area contributed by atoms with Crippen LogP contribution in [0.4, 0.5) is 34.1 Å². The van der Waals surface area contributed by atoms with E-state index in [-0.39, 0.29) is 17.1 Å². The molecule has 0 heterocycles. The lowest BCUT2D eigenvalue weighted by molar-refractivity contribution is -0.393. The minimum Gasteiger partial charge on any atom is -0.354 e. The molecule has 0 unspecified atom stereocenters. The van der Waals surface area contributed by atoms with Gasteiger partial charge in [0.15, 0.2) is 0 Å². The maximum absolute atomic E-state index is 11.8. The summed E-state index contributed by atoms with van der Waals surface area (Å²) in [4.78, 5) is 20.1. The van der Waals surface area contributed by atoms with Gasteiger partial charge in [-0.15, -0.1) is 0 Å². The Balaban J connectivity index is 2.00. The van der Waals surface area contributed by atoms with Gasteiger partial charge in [0, 0.05) is 17.4 Å². The summed E-state index contributed by atoms with van der Waals surface area (Å²) < 4.78 is 33.3. The summed E-state index contributed by atoms with van der Waals surface area (Å²) in [5.74, 6) is 0. The predicted molar refractivity (Wildman–Crippen MR) is 109 cm³/mol. The van der Waals surface area contributed by atoms with E-state index in [1.165, 1.54) is 12.1 Å². The number of benzene rings is 3. The molecule has 0 atom stereocenters. The molecular formula is C18H14N4O7S. The lowest BCUT2D eigenvalue weighted by atomic mass is 10.2. The number of para-hydroxylation sites is 1. The first-order valence-electron chi connectivity index (χ1n) is 8.28. The molecule has 30 heavy (non-hydrogen) atoms. The highest BCUT2D eigenvalue weighted by Gasteiger charge is 2.21. The highest BCUT2D eigenvalue weighted by molar-refractivity contribution is 7.86. The molecule has 0 aliphatic heterocycles. The second kappa shape index (κ2) is 8.14. The summed E-state index contributed by atoms with van der Waals surface area (Å²) in [6, 6.07) is 15.5. The van der Waals surface area contributed by atoms with Crippen molar-refractivity contribution in [1.82, 2.24) is 0 Å². The fraction of sp³-hybridized carbons (Fsp3) is 0. The fourth-order valence-corrected chi connectivity index (χ4v) is 3.31. The topological polar surface area (TPSA) is 165 Å². The van der Waals surface area contributed by atoms with Crippen molar-refractivity contribution in [2.24, 2.45) is 0 Å². The number of nitro benzene ring substituents is 2. The Morgan fingerprint density at radius 3 is 2.00 bits per heavy atom. The van der Waals surface area contributed by atoms with E-state index in [1.807, 2.05) is 0 Å². The molecule has 3 N–H and O–H groups in total. The van der Waals surface area contributed by atoms with Crippen molar-refractivity contribution in [3.8, 4) is 0 Å². The molecule has 0 fully saturated rings. The van der Waals surface area contributed by atoms with Gasteiger partial charge in [-0.2, -0.15) is 8.42 Å². The van der Waals surface area contributed by atoms with Crippen molar-refractivity contribution in [1.29, 1.82) is 0 Å². The van der Waals surface area contributed by atoms with E-state index in [4.69, 9.17) is 0 Å². The third-order valence-electron chi connectivity index (χ3n) is 3.98. The van der Waals surface area contributed by atoms with Crippen LogP contribution in [-0.4, -0.2) is 22.8 Å². The maximum atomic E-state index is 11.8. The summed E-state index contributed by atoms with van der Waals surface area (Å²) >= 11 is 0. The van der Waals surface area contributed by atoms with Crippen molar-refractivity contribution >= 4 is 44.2 Å². The van der Waals surface area contributed by atoms with Crippen LogP contribution in [0.5, 0.6) is 0 Å². The van der Waals surface area contributed by atoms with Crippen molar-refractivity contribution in [2.75, 3.05) is 10.6 Å². The number of anilines is 4. The maximum Gasteiger partial charge on any atom is 0.299 e. The number of rotatable bonds is 7. The highest BCUT2D eigenvalue weighted by Crippen LogP contribution is 2.34. The molecule has 0 saturated heterocycles. The molecule has 11 nitrogen and oxygen atoms in total. The number of non-ortho nitro benzene ring substituents is 1. The van der Waals surface area contributed by atoms with Gasteiger partial charge < -0.3 is 10.6 Å². The first-order chi connectivity index (χ1) is 14.1. The monoisotopic (exact) mass is 436 g/mol. The van der Waals surface area contributed by atoms with Crippen molar-refractivity contribution in [3.05, 3.63) is 87.0 Å². The molecule has 0 bridgehead atoms. The molecule has 0 aliphatic carbocycles. The molecule has 12 heteroatoms. The second-order valence-electron chi connectivity index (χ2n) is 6.02. The molecule has 0 spiro atoms. The van der Waals surface area contributed by atoms with Crippen molar-refractivity contribution in [2.45, 2.75) is 4.90 Å². The first kappa shape index (κ1) is 20.7. The Bertz CT molecular complexity index is 1230. The van der Waals surface area contributed by atoms with E-state index in [0.717, 1.165) is 24.3 Å². The minimum atomic E-state index is -4.64. The minimum absolute atomic E-state index is 0.0874. The normalized spacial score (nSPS) is 11.0. The lowest BCUT2D eigenvalue weighted by Crippen LogP contribution is -2.05. The Labute approximate surface area is 170 Å². The second-order valence-corrected chi connectivity index (χ2v) is 7.41. The standard InChI is InChI=1S/C18H14N4O7S/c23-21(24)14-7-9-15(17(11-14)22(25)26)20-13-6-8-16(18(10-13)30(27,28)29)19-12-4-2-1-3-5-12/h1-11,19-20H,(H,27,28,29)/i7+1,9+1,11+1,14+1,15+1,17+1. The number of hydrogen-bond donors (Lipinski definition) is 3. The van der Waals surface area contributed by atoms with Gasteiger partial charge >= 0.3 is 0 Å². The molecule has 0 radical (unpaired) electrons. The van der Waals surface area contributed by atoms with E-state index in [0.29, 0.717) is 5.69 Å². The van der Waals surface area contributed by atoms with E-state index < -0.39 is 36.2 Å². The molecule has 0 aromatic heterocycles. The van der Waals surface area contributed by atoms with Gasteiger partial charge in [-0.3, -0.25) is 24.8 Å². The van der Waals surface area contributed by atoms with E-state index in [2.05, 4.69) is 10.6 Å². The van der Waals surface area contributed by atoms with Crippen molar-refractivity contribution in [3.63, 3.8) is 0 Å². The first-order valence-corrected chi connectivity index (χ1v) is 9.72. The molecule has 3 aromatic rings. The van der Waals surface area contributed by atoms with Crippen LogP contribution in [0.2, 0.25) is 0 Å². The predicted octanol–water partition coefficient (Wildman–Crippen LogP) is 4.24. The van der Waals surface area contributed by atoms with Gasteiger partial charge in [0.25, 0.3) is 21.5 Å². The smallest absolute Gasteiger partial charge is 0.299 e. The third kappa shape index (κ3) is 4.68. The molecule has 3 aromatic carbocycles. The molecule has 0 saturated carbocycles. The van der Waals surface area contributed by atoms with Crippen molar-refractivity contribution < 1.29 is 22.8 Å². The van der Waals surface area contributed by atoms with Crippen LogP contribution in [0.1, 0.15) is 0 Å². The molecule has 154 valence electrons. The van der Waals surface area contributed by atoms with E-state index in [1.54, 1.807) is 30.3 Å². The number of hydrogen-bond acceptors (Lipinski definition) is 8. The SMILES string of the molecule is O=[N+]([O-])[13c]1[13cH][13cH][13c](Nc2ccc(Nc3ccccc3)c(S(=O)(=O)O)c2)[13c]([N+](=O)[O-])[13cH]1. The summed E-state index contributed by atoms with van der Waals surface area (Å²) in [6.45, 7) is 0. The molecular weight excluding hydrogens is 422 g/mol. The zero-order valence-corrected chi connectivity index (χ0v) is 15.9. The number of nitrogens with zero attached hydrogens (tertiary/aromatic N) is 2. The molecule has 0 aliphatic rings. The average molecular weight is 436 g/mol. The Morgan fingerprint density at radius 1 is 0.767 bits per heavy atom. The summed E-state index contributed by atoms with van der Waals surface area (Å²) in [5, 5.41) is 27.6. The Kier molecular flexibility index (Phi) is 5.62. The van der Waals surface area contributed by atoms with Crippen LogP contribution in [-0.2, 0) is 10.1 Å². The van der Waals surface area contributed by atoms with Crippen LogP contribution in [0.15, 0.2) is 71.6 Å². The Morgan fingerprint density at radius 2 is 1.40 bits per heavy atom. The van der Waals surface area contributed by atoms with Gasteiger partial charge in [-0.25, -0.2) is 0 Å². The largest absolute Gasteiger partial charge is 0.354 e. The van der Waals surface area contributed by atoms with E-state index >= 15 is 0 Å². The van der Waals surface area contributed by atoms with Crippen LogP contribution >= 0.6 is 0 Å². The average Bonchev–Trinajstić information content (AvgIpc) is 2.69. The molecule has 0 amide bonds. The van der Waals surface area contributed by atoms with Crippen LogP contribution in [0.25, 0.3) is 0 Å². The van der Waals surface area contributed by atoms with Gasteiger partial charge in [0.05, 0.1) is 21.6 Å². The number of nitrogens with one attached hydrogen (secondary N) is 2. The van der Waals surface area contributed by atoms with Crippen LogP contribution in [0, 0.1) is 20.2 Å².